The minimum atomic E-state index is -3.82. The normalized spacial score (nSPS) is 13.7. The first-order chi connectivity index (χ1) is 12.9. The van der Waals surface area contributed by atoms with E-state index in [1.54, 1.807) is 18.2 Å². The third-order valence-electron chi connectivity index (χ3n) is 4.45. The van der Waals surface area contributed by atoms with E-state index in [0.29, 0.717) is 23.2 Å². The smallest absolute Gasteiger partial charge is 0.306 e. The first kappa shape index (κ1) is 19.1. The van der Waals surface area contributed by atoms with Crippen LogP contribution >= 0.6 is 0 Å². The minimum Gasteiger partial charge on any atom is -0.469 e. The lowest BCUT2D eigenvalue weighted by Crippen LogP contribution is -2.35. The largest absolute Gasteiger partial charge is 0.469 e. The Labute approximate surface area is 158 Å². The van der Waals surface area contributed by atoms with Gasteiger partial charge in [-0.25, -0.2) is 12.8 Å². The van der Waals surface area contributed by atoms with Gasteiger partial charge in [-0.3, -0.25) is 9.10 Å². The topological polar surface area (TPSA) is 63.7 Å². The number of hydrogen-bond acceptors (Lipinski definition) is 4. The standard InChI is InChI=1S/C20H20FNO4S/c1-26-20(23)10-11-27(24,25)22-14-18-16(8-5-9-19(18)21)13-17(22)12-15-6-3-2-4-7-15/h2-9,13H,10-12,14H2,1H3. The Morgan fingerprint density at radius 1 is 1.15 bits per heavy atom. The quantitative estimate of drug-likeness (QED) is 0.712. The molecule has 0 saturated heterocycles. The third kappa shape index (κ3) is 4.36. The molecule has 7 heteroatoms. The summed E-state index contributed by atoms with van der Waals surface area (Å²) in [5, 5.41) is 0. The zero-order valence-corrected chi connectivity index (χ0v) is 15.7. The molecule has 142 valence electrons. The molecule has 0 N–H and O–H groups in total. The molecular weight excluding hydrogens is 369 g/mol. The number of carbonyl (C=O) groups excluding carboxylic acids is 1. The van der Waals surface area contributed by atoms with E-state index in [-0.39, 0.29) is 13.0 Å². The average molecular weight is 389 g/mol. The van der Waals surface area contributed by atoms with E-state index in [1.807, 2.05) is 30.3 Å². The maximum atomic E-state index is 14.2. The number of esters is 1. The van der Waals surface area contributed by atoms with Gasteiger partial charge in [0.25, 0.3) is 0 Å². The van der Waals surface area contributed by atoms with E-state index in [2.05, 4.69) is 4.74 Å². The van der Waals surface area contributed by atoms with Crippen LogP contribution in [0.15, 0.2) is 54.2 Å². The van der Waals surface area contributed by atoms with Gasteiger partial charge in [-0.1, -0.05) is 42.5 Å². The molecule has 0 radical (unpaired) electrons. The monoisotopic (exact) mass is 389 g/mol. The molecule has 2 aromatic carbocycles. The average Bonchev–Trinajstić information content (AvgIpc) is 2.66. The first-order valence-electron chi connectivity index (χ1n) is 8.50. The summed E-state index contributed by atoms with van der Waals surface area (Å²) in [5.74, 6) is -1.44. The summed E-state index contributed by atoms with van der Waals surface area (Å²) >= 11 is 0. The Kier molecular flexibility index (Phi) is 5.60. The van der Waals surface area contributed by atoms with Crippen molar-refractivity contribution in [2.45, 2.75) is 19.4 Å². The maximum Gasteiger partial charge on any atom is 0.306 e. The summed E-state index contributed by atoms with van der Waals surface area (Å²) in [7, 11) is -2.61. The molecule has 0 saturated carbocycles. The van der Waals surface area contributed by atoms with Crippen molar-refractivity contribution < 1.29 is 22.3 Å². The van der Waals surface area contributed by atoms with Crippen molar-refractivity contribution in [3.05, 3.63) is 76.7 Å². The molecule has 0 amide bonds. The van der Waals surface area contributed by atoms with Gasteiger partial charge < -0.3 is 4.74 Å². The lowest BCUT2D eigenvalue weighted by atomic mass is 9.99. The minimum absolute atomic E-state index is 0.0931. The fraction of sp³-hybridized carbons (Fsp3) is 0.250. The third-order valence-corrected chi connectivity index (χ3v) is 6.21. The van der Waals surface area contributed by atoms with Gasteiger partial charge in [0.15, 0.2) is 0 Å². The van der Waals surface area contributed by atoms with Gasteiger partial charge in [-0.15, -0.1) is 0 Å². The zero-order valence-electron chi connectivity index (χ0n) is 14.9. The van der Waals surface area contributed by atoms with Crippen LogP contribution in [-0.2, 0) is 32.5 Å². The molecule has 0 unspecified atom stereocenters. The molecular formula is C20H20FNO4S. The molecule has 1 aliphatic heterocycles. The van der Waals surface area contributed by atoms with Crippen LogP contribution in [0.3, 0.4) is 0 Å². The van der Waals surface area contributed by atoms with Crippen LogP contribution in [0.25, 0.3) is 6.08 Å². The van der Waals surface area contributed by atoms with Crippen molar-refractivity contribution in [1.29, 1.82) is 0 Å². The Hall–Kier alpha value is -2.67. The van der Waals surface area contributed by atoms with Crippen LogP contribution in [-0.4, -0.2) is 31.6 Å². The van der Waals surface area contributed by atoms with Gasteiger partial charge >= 0.3 is 5.97 Å². The van der Waals surface area contributed by atoms with Crippen LogP contribution in [0.2, 0.25) is 0 Å². The van der Waals surface area contributed by atoms with E-state index < -0.39 is 27.6 Å². The Morgan fingerprint density at radius 2 is 1.89 bits per heavy atom. The number of nitrogens with zero attached hydrogens (tertiary/aromatic N) is 1. The number of hydrogen-bond donors (Lipinski definition) is 0. The van der Waals surface area contributed by atoms with Gasteiger partial charge in [0.1, 0.15) is 5.82 Å². The second-order valence-corrected chi connectivity index (χ2v) is 8.27. The van der Waals surface area contributed by atoms with Crippen molar-refractivity contribution in [1.82, 2.24) is 4.31 Å². The first-order valence-corrected chi connectivity index (χ1v) is 10.1. The number of fused-ring (bicyclic) bond motifs is 1. The summed E-state index contributed by atoms with van der Waals surface area (Å²) < 4.78 is 45.7. The Balaban J connectivity index is 1.97. The van der Waals surface area contributed by atoms with Crippen LogP contribution in [0, 0.1) is 5.82 Å². The SMILES string of the molecule is COC(=O)CCS(=O)(=O)N1Cc2c(F)cccc2C=C1Cc1ccccc1. The van der Waals surface area contributed by atoms with E-state index in [4.69, 9.17) is 0 Å². The maximum absolute atomic E-state index is 14.2. The summed E-state index contributed by atoms with van der Waals surface area (Å²) in [6, 6.07) is 14.1. The molecule has 0 bridgehead atoms. The molecule has 0 atom stereocenters. The fourth-order valence-corrected chi connectivity index (χ4v) is 4.47. The highest BCUT2D eigenvalue weighted by molar-refractivity contribution is 7.89. The van der Waals surface area contributed by atoms with E-state index in [0.717, 1.165) is 5.56 Å². The van der Waals surface area contributed by atoms with Crippen molar-refractivity contribution in [3.63, 3.8) is 0 Å². The van der Waals surface area contributed by atoms with Gasteiger partial charge in [0.2, 0.25) is 10.0 Å². The number of benzene rings is 2. The molecule has 5 nitrogen and oxygen atoms in total. The summed E-state index contributed by atoms with van der Waals surface area (Å²) in [6.07, 6.45) is 1.83. The lowest BCUT2D eigenvalue weighted by molar-refractivity contribution is -0.140. The number of sulfonamides is 1. The van der Waals surface area contributed by atoms with Gasteiger partial charge in [0, 0.05) is 17.7 Å². The summed E-state index contributed by atoms with van der Waals surface area (Å²) in [4.78, 5) is 11.4. The van der Waals surface area contributed by atoms with Crippen molar-refractivity contribution in [2.75, 3.05) is 12.9 Å². The molecule has 2 aromatic rings. The number of allylic oxidation sites excluding steroid dienone is 1. The van der Waals surface area contributed by atoms with Gasteiger partial charge in [-0.2, -0.15) is 0 Å². The van der Waals surface area contributed by atoms with Crippen LogP contribution < -0.4 is 0 Å². The molecule has 3 rings (SSSR count). The molecule has 27 heavy (non-hydrogen) atoms. The number of carbonyl (C=O) groups is 1. The molecule has 0 spiro atoms. The molecule has 1 heterocycles. The molecule has 1 aliphatic rings. The Bertz CT molecular complexity index is 971. The number of halogens is 1. The van der Waals surface area contributed by atoms with E-state index in [1.165, 1.54) is 17.5 Å². The number of rotatable bonds is 6. The second kappa shape index (κ2) is 7.92. The van der Waals surface area contributed by atoms with E-state index in [9.17, 15) is 17.6 Å². The van der Waals surface area contributed by atoms with Crippen LogP contribution in [0.4, 0.5) is 4.39 Å². The van der Waals surface area contributed by atoms with Crippen molar-refractivity contribution in [3.8, 4) is 0 Å². The number of ether oxygens (including phenoxy) is 1. The molecule has 0 fully saturated rings. The van der Waals surface area contributed by atoms with Crippen molar-refractivity contribution >= 4 is 22.1 Å². The van der Waals surface area contributed by atoms with Crippen LogP contribution in [0.1, 0.15) is 23.1 Å². The predicted octanol–water partition coefficient (Wildman–Crippen LogP) is 3.12. The zero-order chi connectivity index (χ0) is 19.4. The van der Waals surface area contributed by atoms with Crippen LogP contribution in [0.5, 0.6) is 0 Å². The van der Waals surface area contributed by atoms with Gasteiger partial charge in [-0.05, 0) is 23.3 Å². The van der Waals surface area contributed by atoms with E-state index >= 15 is 0 Å². The number of methoxy groups -OCH3 is 1. The lowest BCUT2D eigenvalue weighted by Gasteiger charge is -2.31. The highest BCUT2D eigenvalue weighted by Crippen LogP contribution is 2.31. The highest BCUT2D eigenvalue weighted by Gasteiger charge is 2.30. The second-order valence-electron chi connectivity index (χ2n) is 6.25. The summed E-state index contributed by atoms with van der Waals surface area (Å²) in [5.41, 5.74) is 2.48. The fourth-order valence-electron chi connectivity index (χ4n) is 3.02. The Morgan fingerprint density at radius 3 is 2.59 bits per heavy atom. The highest BCUT2D eigenvalue weighted by atomic mass is 32.2. The predicted molar refractivity (Wildman–Crippen MR) is 100 cm³/mol. The molecule has 0 aliphatic carbocycles. The van der Waals surface area contributed by atoms with Gasteiger partial charge in [0.05, 0.1) is 25.8 Å². The summed E-state index contributed by atoms with van der Waals surface area (Å²) in [6.45, 7) is -0.0931. The molecule has 0 aromatic heterocycles. The van der Waals surface area contributed by atoms with Crippen molar-refractivity contribution in [2.24, 2.45) is 0 Å².